The van der Waals surface area contributed by atoms with Crippen LogP contribution in [-0.2, 0) is 4.79 Å². The molecule has 17 heavy (non-hydrogen) atoms. The first kappa shape index (κ1) is 13.6. The predicted molar refractivity (Wildman–Crippen MR) is 69.2 cm³/mol. The molecule has 1 aromatic rings. The van der Waals surface area contributed by atoms with Gasteiger partial charge in [0.15, 0.2) is 0 Å². The zero-order valence-corrected chi connectivity index (χ0v) is 11.0. The Morgan fingerprint density at radius 2 is 2.12 bits per heavy atom. The van der Waals surface area contributed by atoms with Gasteiger partial charge in [-0.2, -0.15) is 0 Å². The van der Waals surface area contributed by atoms with Gasteiger partial charge in [-0.25, -0.2) is 0 Å². The van der Waals surface area contributed by atoms with Crippen LogP contribution in [-0.4, -0.2) is 13.0 Å². The van der Waals surface area contributed by atoms with E-state index in [1.54, 1.807) is 7.11 Å². The highest BCUT2D eigenvalue weighted by molar-refractivity contribution is 5.76. The van der Waals surface area contributed by atoms with E-state index in [9.17, 15) is 4.79 Å². The summed E-state index contributed by atoms with van der Waals surface area (Å²) in [6, 6.07) is 6.12. The topological polar surface area (TPSA) is 38.3 Å². The number of amides is 1. The fourth-order valence-corrected chi connectivity index (χ4v) is 1.84. The Labute approximate surface area is 103 Å². The normalized spacial score (nSPS) is 12.0. The number of aryl methyl sites for hydroxylation is 1. The van der Waals surface area contributed by atoms with Gasteiger partial charge in [-0.15, -0.1) is 0 Å². The average Bonchev–Trinajstić information content (AvgIpc) is 2.35. The molecule has 0 aromatic heterocycles. The molecule has 3 nitrogen and oxygen atoms in total. The molecule has 0 radical (unpaired) electrons. The molecule has 0 unspecified atom stereocenters. The van der Waals surface area contributed by atoms with Gasteiger partial charge < -0.3 is 10.1 Å². The van der Waals surface area contributed by atoms with E-state index < -0.39 is 0 Å². The van der Waals surface area contributed by atoms with Crippen LogP contribution in [0.5, 0.6) is 5.75 Å². The minimum atomic E-state index is 0.0883. The highest BCUT2D eigenvalue weighted by atomic mass is 16.5. The van der Waals surface area contributed by atoms with Crippen molar-refractivity contribution >= 4 is 5.91 Å². The van der Waals surface area contributed by atoms with Gasteiger partial charge >= 0.3 is 0 Å². The summed E-state index contributed by atoms with van der Waals surface area (Å²) < 4.78 is 5.23. The predicted octanol–water partition coefficient (Wildman–Crippen LogP) is 2.98. The SMILES string of the molecule is CCC(=O)N[C@H](CC)c1ccc(OC)c(C)c1. The summed E-state index contributed by atoms with van der Waals surface area (Å²) in [4.78, 5) is 11.4. The van der Waals surface area contributed by atoms with Gasteiger partial charge in [-0.05, 0) is 30.5 Å². The molecule has 0 fully saturated rings. The minimum Gasteiger partial charge on any atom is -0.496 e. The number of nitrogens with one attached hydrogen (secondary N) is 1. The minimum absolute atomic E-state index is 0.0883. The van der Waals surface area contributed by atoms with Crippen molar-refractivity contribution < 1.29 is 9.53 Å². The van der Waals surface area contributed by atoms with Gasteiger partial charge in [-0.1, -0.05) is 26.0 Å². The summed E-state index contributed by atoms with van der Waals surface area (Å²) in [7, 11) is 1.66. The smallest absolute Gasteiger partial charge is 0.220 e. The number of benzene rings is 1. The molecule has 1 rings (SSSR count). The van der Waals surface area contributed by atoms with Crippen LogP contribution in [0.15, 0.2) is 18.2 Å². The fraction of sp³-hybridized carbons (Fsp3) is 0.500. The summed E-state index contributed by atoms with van der Waals surface area (Å²) in [5.74, 6) is 0.968. The number of ether oxygens (including phenoxy) is 1. The maximum Gasteiger partial charge on any atom is 0.220 e. The largest absolute Gasteiger partial charge is 0.496 e. The summed E-state index contributed by atoms with van der Waals surface area (Å²) in [5, 5.41) is 3.02. The van der Waals surface area contributed by atoms with Crippen LogP contribution in [0.2, 0.25) is 0 Å². The molecule has 1 N–H and O–H groups in total. The number of methoxy groups -OCH3 is 1. The molecule has 94 valence electrons. The zero-order chi connectivity index (χ0) is 12.8. The first-order valence-electron chi connectivity index (χ1n) is 6.06. The highest BCUT2D eigenvalue weighted by Crippen LogP contribution is 2.24. The molecule has 1 atom stereocenters. The lowest BCUT2D eigenvalue weighted by Crippen LogP contribution is -2.27. The summed E-state index contributed by atoms with van der Waals surface area (Å²) in [6.07, 6.45) is 1.41. The van der Waals surface area contributed by atoms with Crippen molar-refractivity contribution in [2.45, 2.75) is 39.7 Å². The van der Waals surface area contributed by atoms with Gasteiger partial charge in [0.25, 0.3) is 0 Å². The Hall–Kier alpha value is -1.51. The average molecular weight is 235 g/mol. The maximum absolute atomic E-state index is 11.4. The van der Waals surface area contributed by atoms with Crippen LogP contribution >= 0.6 is 0 Å². The number of carbonyl (C=O) groups excluding carboxylic acids is 1. The van der Waals surface area contributed by atoms with E-state index in [1.807, 2.05) is 26.0 Å². The number of carbonyl (C=O) groups is 1. The van der Waals surface area contributed by atoms with Crippen molar-refractivity contribution in [1.29, 1.82) is 0 Å². The molecule has 0 aliphatic heterocycles. The van der Waals surface area contributed by atoms with Gasteiger partial charge in [0.1, 0.15) is 5.75 Å². The fourth-order valence-electron chi connectivity index (χ4n) is 1.84. The second kappa shape index (κ2) is 6.28. The lowest BCUT2D eigenvalue weighted by Gasteiger charge is -2.18. The monoisotopic (exact) mass is 235 g/mol. The molecule has 0 saturated carbocycles. The quantitative estimate of drug-likeness (QED) is 0.852. The van der Waals surface area contributed by atoms with E-state index in [4.69, 9.17) is 4.74 Å². The molecule has 1 aromatic carbocycles. The molecule has 0 heterocycles. The van der Waals surface area contributed by atoms with Crippen molar-refractivity contribution in [2.24, 2.45) is 0 Å². The maximum atomic E-state index is 11.4. The van der Waals surface area contributed by atoms with Crippen LogP contribution in [0.3, 0.4) is 0 Å². The van der Waals surface area contributed by atoms with Gasteiger partial charge in [0, 0.05) is 6.42 Å². The third kappa shape index (κ3) is 3.48. The van der Waals surface area contributed by atoms with Crippen LogP contribution < -0.4 is 10.1 Å². The third-order valence-electron chi connectivity index (χ3n) is 2.89. The van der Waals surface area contributed by atoms with Crippen molar-refractivity contribution in [3.63, 3.8) is 0 Å². The second-order valence-electron chi connectivity index (χ2n) is 4.11. The molecule has 0 spiro atoms. The Bertz CT molecular complexity index is 388. The Morgan fingerprint density at radius 1 is 1.41 bits per heavy atom. The standard InChI is InChI=1S/C14H21NO2/c1-5-12(15-14(16)6-2)11-7-8-13(17-4)10(3)9-11/h7-9,12H,5-6H2,1-4H3,(H,15,16)/t12-/m1/s1. The van der Waals surface area contributed by atoms with Crippen molar-refractivity contribution in [1.82, 2.24) is 5.32 Å². The van der Waals surface area contributed by atoms with Gasteiger partial charge in [0.05, 0.1) is 13.2 Å². The first-order valence-corrected chi connectivity index (χ1v) is 6.06. The summed E-state index contributed by atoms with van der Waals surface area (Å²) in [6.45, 7) is 5.94. The number of hydrogen-bond donors (Lipinski definition) is 1. The molecular weight excluding hydrogens is 214 g/mol. The van der Waals surface area contributed by atoms with Crippen LogP contribution in [0.4, 0.5) is 0 Å². The van der Waals surface area contributed by atoms with Crippen molar-refractivity contribution in [2.75, 3.05) is 7.11 Å². The van der Waals surface area contributed by atoms with Crippen LogP contribution in [0, 0.1) is 6.92 Å². The van der Waals surface area contributed by atoms with Crippen LogP contribution in [0.1, 0.15) is 43.9 Å². The molecule has 0 saturated heterocycles. The zero-order valence-electron chi connectivity index (χ0n) is 11.0. The Kier molecular flexibility index (Phi) is 5.01. The molecule has 1 amide bonds. The molecule has 3 heteroatoms. The number of rotatable bonds is 5. The van der Waals surface area contributed by atoms with E-state index in [0.717, 1.165) is 23.3 Å². The van der Waals surface area contributed by atoms with E-state index in [2.05, 4.69) is 18.3 Å². The van der Waals surface area contributed by atoms with E-state index >= 15 is 0 Å². The highest BCUT2D eigenvalue weighted by Gasteiger charge is 2.12. The van der Waals surface area contributed by atoms with Crippen molar-refractivity contribution in [3.8, 4) is 5.75 Å². The molecular formula is C14H21NO2. The Balaban J connectivity index is 2.88. The molecule has 0 aliphatic rings. The Morgan fingerprint density at radius 3 is 2.59 bits per heavy atom. The lowest BCUT2D eigenvalue weighted by atomic mass is 10.0. The summed E-state index contributed by atoms with van der Waals surface area (Å²) >= 11 is 0. The van der Waals surface area contributed by atoms with Gasteiger partial charge in [-0.3, -0.25) is 4.79 Å². The lowest BCUT2D eigenvalue weighted by molar-refractivity contribution is -0.121. The van der Waals surface area contributed by atoms with Crippen LogP contribution in [0.25, 0.3) is 0 Å². The van der Waals surface area contributed by atoms with E-state index in [1.165, 1.54) is 0 Å². The summed E-state index contributed by atoms with van der Waals surface area (Å²) in [5.41, 5.74) is 2.22. The van der Waals surface area contributed by atoms with Crippen molar-refractivity contribution in [3.05, 3.63) is 29.3 Å². The molecule has 0 bridgehead atoms. The molecule has 0 aliphatic carbocycles. The third-order valence-corrected chi connectivity index (χ3v) is 2.89. The number of hydrogen-bond acceptors (Lipinski definition) is 2. The first-order chi connectivity index (χ1) is 8.12. The van der Waals surface area contributed by atoms with E-state index in [-0.39, 0.29) is 11.9 Å². The van der Waals surface area contributed by atoms with E-state index in [0.29, 0.717) is 6.42 Å². The van der Waals surface area contributed by atoms with Gasteiger partial charge in [0.2, 0.25) is 5.91 Å². The second-order valence-corrected chi connectivity index (χ2v) is 4.11.